The second-order valence-corrected chi connectivity index (χ2v) is 14.1. The van der Waals surface area contributed by atoms with Crippen molar-refractivity contribution in [2.75, 3.05) is 4.90 Å². The van der Waals surface area contributed by atoms with E-state index in [2.05, 4.69) is 169 Å². The van der Waals surface area contributed by atoms with Crippen LogP contribution in [0.4, 0.5) is 17.1 Å². The van der Waals surface area contributed by atoms with Crippen LogP contribution in [0, 0.1) is 11.8 Å². The fraction of sp³-hybridized carbons (Fsp3) is 0.0400. The van der Waals surface area contributed by atoms with Gasteiger partial charge in [-0.2, -0.15) is 0 Å². The lowest BCUT2D eigenvalue weighted by molar-refractivity contribution is 0.668. The monoisotopic (exact) mass is 679 g/mol. The van der Waals surface area contributed by atoms with Crippen molar-refractivity contribution in [1.82, 2.24) is 0 Å². The van der Waals surface area contributed by atoms with Crippen molar-refractivity contribution < 1.29 is 8.83 Å². The first-order valence-corrected chi connectivity index (χ1v) is 18.2. The molecular formula is C50H33NO2. The van der Waals surface area contributed by atoms with E-state index in [0.29, 0.717) is 11.8 Å². The number of fused-ring (bicyclic) bond motifs is 9. The van der Waals surface area contributed by atoms with Gasteiger partial charge in [-0.1, -0.05) is 121 Å². The van der Waals surface area contributed by atoms with Crippen molar-refractivity contribution >= 4 is 77.3 Å². The third kappa shape index (κ3) is 4.89. The standard InChI is InChI=1S/C50H33NO2/c1-2-10-40-33(8-1)9-7-13-41(40)34-18-24-38(25-19-34)51(39-26-28-44-43-11-3-5-14-46(43)53-49(44)31-39)37-22-16-32(17-23-37)35-20-27-42-36(30-35)21-29-48-50(42)45-12-4-6-15-47(45)52-48/h1-31,33,40H. The number of nitrogens with zero attached hydrogens (tertiary/aromatic N) is 1. The molecule has 2 aromatic heterocycles. The molecule has 7 aromatic carbocycles. The summed E-state index contributed by atoms with van der Waals surface area (Å²) in [6, 6.07) is 52.0. The lowest BCUT2D eigenvalue weighted by Gasteiger charge is -2.28. The van der Waals surface area contributed by atoms with Crippen LogP contribution in [0.3, 0.4) is 0 Å². The second-order valence-electron chi connectivity index (χ2n) is 14.1. The molecule has 250 valence electrons. The van der Waals surface area contributed by atoms with Crippen molar-refractivity contribution in [3.63, 3.8) is 0 Å². The summed E-state index contributed by atoms with van der Waals surface area (Å²) >= 11 is 0. The first kappa shape index (κ1) is 29.8. The summed E-state index contributed by atoms with van der Waals surface area (Å²) in [6.45, 7) is 0. The van der Waals surface area contributed by atoms with Crippen LogP contribution < -0.4 is 4.90 Å². The van der Waals surface area contributed by atoms with E-state index < -0.39 is 0 Å². The molecule has 2 aliphatic carbocycles. The highest BCUT2D eigenvalue weighted by Gasteiger charge is 2.24. The van der Waals surface area contributed by atoms with E-state index in [9.17, 15) is 0 Å². The number of furan rings is 2. The maximum absolute atomic E-state index is 6.36. The molecule has 9 aromatic rings. The van der Waals surface area contributed by atoms with Crippen LogP contribution in [-0.4, -0.2) is 0 Å². The molecule has 0 N–H and O–H groups in total. The number of anilines is 3. The van der Waals surface area contributed by atoms with E-state index in [0.717, 1.165) is 61.1 Å². The Bertz CT molecular complexity index is 3010. The first-order chi connectivity index (χ1) is 26.2. The van der Waals surface area contributed by atoms with Crippen LogP contribution in [0.15, 0.2) is 197 Å². The Morgan fingerprint density at radius 3 is 1.87 bits per heavy atom. The Morgan fingerprint density at radius 2 is 1.04 bits per heavy atom. The van der Waals surface area contributed by atoms with Gasteiger partial charge >= 0.3 is 0 Å². The van der Waals surface area contributed by atoms with Gasteiger partial charge in [0.2, 0.25) is 0 Å². The van der Waals surface area contributed by atoms with Crippen LogP contribution in [0.1, 0.15) is 5.56 Å². The van der Waals surface area contributed by atoms with Crippen LogP contribution in [0.25, 0.3) is 71.3 Å². The fourth-order valence-electron chi connectivity index (χ4n) is 8.45. The van der Waals surface area contributed by atoms with E-state index in [1.54, 1.807) is 0 Å². The third-order valence-corrected chi connectivity index (χ3v) is 11.0. The number of para-hydroxylation sites is 2. The zero-order chi connectivity index (χ0) is 34.9. The zero-order valence-electron chi connectivity index (χ0n) is 28.8. The number of rotatable bonds is 5. The largest absolute Gasteiger partial charge is 0.456 e. The van der Waals surface area contributed by atoms with E-state index >= 15 is 0 Å². The summed E-state index contributed by atoms with van der Waals surface area (Å²) in [4.78, 5) is 2.32. The molecule has 0 spiro atoms. The van der Waals surface area contributed by atoms with Crippen molar-refractivity contribution in [2.24, 2.45) is 11.8 Å². The van der Waals surface area contributed by atoms with Crippen molar-refractivity contribution in [1.29, 1.82) is 0 Å². The molecule has 11 rings (SSSR count). The summed E-state index contributed by atoms with van der Waals surface area (Å²) in [5.41, 5.74) is 11.7. The first-order valence-electron chi connectivity index (χ1n) is 18.2. The molecule has 3 heteroatoms. The SMILES string of the molecule is C1=CC2C=CC=C(c3ccc(N(c4ccc(-c5ccc6c(ccc7oc8ccccc8c76)c5)cc4)c4ccc5c(c4)oc4ccccc45)cc3)C2C=C1. The smallest absolute Gasteiger partial charge is 0.137 e. The molecule has 0 bridgehead atoms. The molecule has 53 heavy (non-hydrogen) atoms. The van der Waals surface area contributed by atoms with Crippen molar-refractivity contribution in [3.05, 3.63) is 194 Å². The Kier molecular flexibility index (Phi) is 6.68. The fourth-order valence-corrected chi connectivity index (χ4v) is 8.45. The molecule has 0 saturated carbocycles. The predicted molar refractivity (Wildman–Crippen MR) is 221 cm³/mol. The molecule has 2 unspecified atom stereocenters. The van der Waals surface area contributed by atoms with Gasteiger partial charge in [0.05, 0.1) is 0 Å². The molecule has 2 heterocycles. The van der Waals surface area contributed by atoms with Crippen molar-refractivity contribution in [3.8, 4) is 11.1 Å². The van der Waals surface area contributed by atoms with E-state index in [1.807, 2.05) is 24.3 Å². The van der Waals surface area contributed by atoms with Gasteiger partial charge in [0.1, 0.15) is 22.3 Å². The lowest BCUT2D eigenvalue weighted by Crippen LogP contribution is -2.15. The average molecular weight is 680 g/mol. The van der Waals surface area contributed by atoms with Gasteiger partial charge < -0.3 is 13.7 Å². The van der Waals surface area contributed by atoms with Gasteiger partial charge in [-0.3, -0.25) is 0 Å². The Morgan fingerprint density at radius 1 is 0.415 bits per heavy atom. The van der Waals surface area contributed by atoms with Gasteiger partial charge in [0.15, 0.2) is 0 Å². The third-order valence-electron chi connectivity index (χ3n) is 11.0. The van der Waals surface area contributed by atoms with Gasteiger partial charge in [0, 0.05) is 56.5 Å². The van der Waals surface area contributed by atoms with Crippen LogP contribution in [-0.2, 0) is 0 Å². The highest BCUT2D eigenvalue weighted by atomic mass is 16.3. The van der Waals surface area contributed by atoms with Gasteiger partial charge in [-0.15, -0.1) is 0 Å². The molecule has 3 nitrogen and oxygen atoms in total. The van der Waals surface area contributed by atoms with Crippen LogP contribution >= 0.6 is 0 Å². The number of benzene rings is 7. The summed E-state index contributed by atoms with van der Waals surface area (Å²) in [5.74, 6) is 0.759. The maximum Gasteiger partial charge on any atom is 0.137 e. The minimum atomic E-state index is 0.357. The van der Waals surface area contributed by atoms with Crippen molar-refractivity contribution in [2.45, 2.75) is 0 Å². The number of hydrogen-bond acceptors (Lipinski definition) is 3. The predicted octanol–water partition coefficient (Wildman–Crippen LogP) is 14.1. The number of allylic oxidation sites excluding steroid dienone is 8. The molecule has 2 atom stereocenters. The van der Waals surface area contributed by atoms with E-state index in [4.69, 9.17) is 8.83 Å². The Labute approximate surface area is 306 Å². The summed E-state index contributed by atoms with van der Waals surface area (Å²) in [5, 5.41) is 6.97. The molecule has 0 fully saturated rings. The molecule has 0 saturated heterocycles. The minimum absolute atomic E-state index is 0.357. The van der Waals surface area contributed by atoms with Crippen LogP contribution in [0.5, 0.6) is 0 Å². The molecule has 0 amide bonds. The summed E-state index contributed by atoms with van der Waals surface area (Å²) < 4.78 is 12.5. The average Bonchev–Trinajstić information content (AvgIpc) is 3.79. The Hall–Kier alpha value is -6.84. The second kappa shape index (κ2) is 11.9. The maximum atomic E-state index is 6.36. The normalized spacial score (nSPS) is 16.6. The van der Waals surface area contributed by atoms with Gasteiger partial charge in [-0.25, -0.2) is 0 Å². The molecule has 0 aliphatic heterocycles. The van der Waals surface area contributed by atoms with Crippen LogP contribution in [0.2, 0.25) is 0 Å². The lowest BCUT2D eigenvalue weighted by atomic mass is 9.77. The van der Waals surface area contributed by atoms with E-state index in [-0.39, 0.29) is 0 Å². The highest BCUT2D eigenvalue weighted by Crippen LogP contribution is 2.42. The number of hydrogen-bond donors (Lipinski definition) is 0. The topological polar surface area (TPSA) is 29.5 Å². The minimum Gasteiger partial charge on any atom is -0.456 e. The highest BCUT2D eigenvalue weighted by molar-refractivity contribution is 6.19. The molecule has 2 aliphatic rings. The van der Waals surface area contributed by atoms with E-state index in [1.165, 1.54) is 32.9 Å². The Balaban J connectivity index is 0.987. The molecule has 0 radical (unpaired) electrons. The molecular weight excluding hydrogens is 647 g/mol. The zero-order valence-corrected chi connectivity index (χ0v) is 28.8. The summed E-state index contributed by atoms with van der Waals surface area (Å²) in [6.07, 6.45) is 15.7. The summed E-state index contributed by atoms with van der Waals surface area (Å²) in [7, 11) is 0. The quantitative estimate of drug-likeness (QED) is 0.181. The van der Waals surface area contributed by atoms with Gasteiger partial charge in [-0.05, 0) is 93.7 Å². The van der Waals surface area contributed by atoms with Gasteiger partial charge in [0.25, 0.3) is 0 Å².